The van der Waals surface area contributed by atoms with E-state index in [1.807, 2.05) is 48.5 Å². The number of hydrogen-bond acceptors (Lipinski definition) is 7. The molecule has 1 aliphatic heterocycles. The first-order valence-corrected chi connectivity index (χ1v) is 9.32. The average molecular weight is 382 g/mol. The Hall–Kier alpha value is -2.93. The summed E-state index contributed by atoms with van der Waals surface area (Å²) in [5.41, 5.74) is 2.83. The number of thioether (sulfide) groups is 1. The Morgan fingerprint density at radius 3 is 2.37 bits per heavy atom. The van der Waals surface area contributed by atoms with Crippen LogP contribution in [-0.2, 0) is 5.75 Å². The van der Waals surface area contributed by atoms with E-state index in [0.29, 0.717) is 0 Å². The Balaban J connectivity index is 1.45. The maximum absolute atomic E-state index is 5.41. The van der Waals surface area contributed by atoms with E-state index in [2.05, 4.69) is 10.2 Å². The number of aromatic nitrogens is 2. The van der Waals surface area contributed by atoms with Gasteiger partial charge in [-0.05, 0) is 48.0 Å². The molecule has 2 aromatic carbocycles. The Labute approximate surface area is 161 Å². The van der Waals surface area contributed by atoms with Gasteiger partial charge in [0.15, 0.2) is 11.5 Å². The number of fused-ring (bicyclic) bond motifs is 1. The van der Waals surface area contributed by atoms with Gasteiger partial charge in [-0.3, -0.25) is 0 Å². The van der Waals surface area contributed by atoms with E-state index in [9.17, 15) is 0 Å². The molecule has 0 N–H and O–H groups in total. The summed E-state index contributed by atoms with van der Waals surface area (Å²) < 4.78 is 21.4. The van der Waals surface area contributed by atoms with Crippen LogP contribution in [0.1, 0.15) is 5.56 Å². The fraction of sp³-hybridized carbons (Fsp3) is 0.200. The number of rotatable bonds is 6. The fourth-order valence-electron chi connectivity index (χ4n) is 2.71. The SMILES string of the molecule is COc1cc(CSc2ccc(-c3ccc4c(c3)OCO4)nn2)cc(OC)c1. The molecule has 138 valence electrons. The minimum atomic E-state index is 0.259. The molecule has 3 aromatic rings. The third kappa shape index (κ3) is 3.93. The summed E-state index contributed by atoms with van der Waals surface area (Å²) >= 11 is 1.61. The van der Waals surface area contributed by atoms with E-state index in [1.165, 1.54) is 0 Å². The zero-order valence-electron chi connectivity index (χ0n) is 15.0. The zero-order chi connectivity index (χ0) is 18.6. The van der Waals surface area contributed by atoms with E-state index in [-0.39, 0.29) is 6.79 Å². The van der Waals surface area contributed by atoms with Gasteiger partial charge in [0.05, 0.1) is 19.9 Å². The lowest BCUT2D eigenvalue weighted by molar-refractivity contribution is 0.174. The van der Waals surface area contributed by atoms with Gasteiger partial charge in [-0.15, -0.1) is 10.2 Å². The van der Waals surface area contributed by atoms with Gasteiger partial charge in [-0.2, -0.15) is 0 Å². The summed E-state index contributed by atoms with van der Waals surface area (Å²) in [5.74, 6) is 3.78. The minimum absolute atomic E-state index is 0.259. The summed E-state index contributed by atoms with van der Waals surface area (Å²) in [6.45, 7) is 0.259. The fourth-order valence-corrected chi connectivity index (χ4v) is 3.46. The lowest BCUT2D eigenvalue weighted by Gasteiger charge is -2.08. The minimum Gasteiger partial charge on any atom is -0.497 e. The highest BCUT2D eigenvalue weighted by atomic mass is 32.2. The normalized spacial score (nSPS) is 12.1. The predicted octanol–water partition coefficient (Wildman–Crippen LogP) is 4.18. The molecular weight excluding hydrogens is 364 g/mol. The van der Waals surface area contributed by atoms with Crippen LogP contribution in [0.25, 0.3) is 11.3 Å². The van der Waals surface area contributed by atoms with Crippen molar-refractivity contribution in [2.24, 2.45) is 0 Å². The van der Waals surface area contributed by atoms with E-state index < -0.39 is 0 Å². The van der Waals surface area contributed by atoms with Crippen LogP contribution >= 0.6 is 11.8 Å². The van der Waals surface area contributed by atoms with Gasteiger partial charge < -0.3 is 18.9 Å². The van der Waals surface area contributed by atoms with E-state index >= 15 is 0 Å². The van der Waals surface area contributed by atoms with Crippen molar-refractivity contribution in [3.63, 3.8) is 0 Å². The number of benzene rings is 2. The van der Waals surface area contributed by atoms with Crippen molar-refractivity contribution in [1.82, 2.24) is 10.2 Å². The second-order valence-electron chi connectivity index (χ2n) is 5.83. The summed E-state index contributed by atoms with van der Waals surface area (Å²) in [4.78, 5) is 0. The highest BCUT2D eigenvalue weighted by Gasteiger charge is 2.14. The molecule has 6 nitrogen and oxygen atoms in total. The molecule has 0 radical (unpaired) electrons. The van der Waals surface area contributed by atoms with Crippen LogP contribution in [-0.4, -0.2) is 31.2 Å². The molecule has 0 fully saturated rings. The summed E-state index contributed by atoms with van der Waals surface area (Å²) in [7, 11) is 3.29. The molecule has 0 saturated carbocycles. The van der Waals surface area contributed by atoms with Crippen molar-refractivity contribution in [3.05, 3.63) is 54.1 Å². The molecule has 2 heterocycles. The van der Waals surface area contributed by atoms with Gasteiger partial charge in [0.25, 0.3) is 0 Å². The van der Waals surface area contributed by atoms with Crippen molar-refractivity contribution in [2.75, 3.05) is 21.0 Å². The van der Waals surface area contributed by atoms with Crippen LogP contribution in [0.4, 0.5) is 0 Å². The van der Waals surface area contributed by atoms with Crippen LogP contribution in [0.5, 0.6) is 23.0 Å². The zero-order valence-corrected chi connectivity index (χ0v) is 15.8. The number of nitrogens with zero attached hydrogens (tertiary/aromatic N) is 2. The van der Waals surface area contributed by atoms with Gasteiger partial charge >= 0.3 is 0 Å². The maximum atomic E-state index is 5.41. The van der Waals surface area contributed by atoms with Crippen LogP contribution in [0.3, 0.4) is 0 Å². The lowest BCUT2D eigenvalue weighted by atomic mass is 10.1. The number of hydrogen-bond donors (Lipinski definition) is 0. The molecule has 1 aliphatic rings. The van der Waals surface area contributed by atoms with E-state index in [0.717, 1.165) is 50.6 Å². The van der Waals surface area contributed by atoms with Crippen LogP contribution < -0.4 is 18.9 Å². The van der Waals surface area contributed by atoms with Crippen LogP contribution in [0, 0.1) is 0 Å². The van der Waals surface area contributed by atoms with Gasteiger partial charge in [0, 0.05) is 17.4 Å². The van der Waals surface area contributed by atoms with Crippen LogP contribution in [0.15, 0.2) is 53.6 Å². The Bertz CT molecular complexity index is 925. The molecule has 0 aliphatic carbocycles. The quantitative estimate of drug-likeness (QED) is 0.593. The molecule has 0 unspecified atom stereocenters. The van der Waals surface area contributed by atoms with Gasteiger partial charge in [-0.1, -0.05) is 11.8 Å². The molecule has 0 saturated heterocycles. The average Bonchev–Trinajstić information content (AvgIpc) is 3.20. The first kappa shape index (κ1) is 17.5. The molecule has 4 rings (SSSR count). The first-order chi connectivity index (χ1) is 13.2. The molecule has 0 spiro atoms. The summed E-state index contributed by atoms with van der Waals surface area (Å²) in [6, 6.07) is 15.5. The maximum Gasteiger partial charge on any atom is 0.231 e. The summed E-state index contributed by atoms with van der Waals surface area (Å²) in [6.07, 6.45) is 0. The molecular formula is C20H18N2O4S. The standard InChI is InChI=1S/C20H18N2O4S/c1-23-15-7-13(8-16(10-15)24-2)11-27-20-6-4-17(21-22-20)14-3-5-18-19(9-14)26-12-25-18/h3-10H,11-12H2,1-2H3. The highest BCUT2D eigenvalue weighted by molar-refractivity contribution is 7.98. The highest BCUT2D eigenvalue weighted by Crippen LogP contribution is 2.35. The topological polar surface area (TPSA) is 62.7 Å². The predicted molar refractivity (Wildman–Crippen MR) is 103 cm³/mol. The monoisotopic (exact) mass is 382 g/mol. The number of ether oxygens (including phenoxy) is 4. The smallest absolute Gasteiger partial charge is 0.231 e. The molecule has 1 aromatic heterocycles. The third-order valence-corrected chi connectivity index (χ3v) is 5.10. The van der Waals surface area contributed by atoms with Crippen LogP contribution in [0.2, 0.25) is 0 Å². The largest absolute Gasteiger partial charge is 0.497 e. The first-order valence-electron chi connectivity index (χ1n) is 8.33. The molecule has 0 atom stereocenters. The van der Waals surface area contributed by atoms with E-state index in [4.69, 9.17) is 18.9 Å². The Morgan fingerprint density at radius 1 is 0.889 bits per heavy atom. The molecule has 0 bridgehead atoms. The molecule has 7 heteroatoms. The Kier molecular flexibility index (Phi) is 5.02. The second-order valence-corrected chi connectivity index (χ2v) is 6.83. The van der Waals surface area contributed by atoms with Gasteiger partial charge in [-0.25, -0.2) is 0 Å². The molecule has 27 heavy (non-hydrogen) atoms. The van der Waals surface area contributed by atoms with Gasteiger partial charge in [0.2, 0.25) is 6.79 Å². The second kappa shape index (κ2) is 7.75. The third-order valence-electron chi connectivity index (χ3n) is 4.11. The van der Waals surface area contributed by atoms with Crippen molar-refractivity contribution < 1.29 is 18.9 Å². The van der Waals surface area contributed by atoms with Crippen molar-refractivity contribution in [3.8, 4) is 34.3 Å². The van der Waals surface area contributed by atoms with Crippen molar-refractivity contribution in [1.29, 1.82) is 0 Å². The van der Waals surface area contributed by atoms with E-state index in [1.54, 1.807) is 26.0 Å². The van der Waals surface area contributed by atoms with Gasteiger partial charge in [0.1, 0.15) is 16.5 Å². The summed E-state index contributed by atoms with van der Waals surface area (Å²) in [5, 5.41) is 9.51. The van der Waals surface area contributed by atoms with Crippen molar-refractivity contribution in [2.45, 2.75) is 10.8 Å². The Morgan fingerprint density at radius 2 is 1.67 bits per heavy atom. The number of methoxy groups -OCH3 is 2. The van der Waals surface area contributed by atoms with Crippen molar-refractivity contribution >= 4 is 11.8 Å². The lowest BCUT2D eigenvalue weighted by Crippen LogP contribution is -1.93. The molecule has 0 amide bonds.